The zero-order valence-electron chi connectivity index (χ0n) is 25.1. The van der Waals surface area contributed by atoms with Crippen molar-refractivity contribution < 1.29 is 38.1 Å². The van der Waals surface area contributed by atoms with Crippen LogP contribution in [0.25, 0.3) is 6.08 Å². The molecule has 1 aromatic rings. The summed E-state index contributed by atoms with van der Waals surface area (Å²) in [6, 6.07) is 2.69. The van der Waals surface area contributed by atoms with Gasteiger partial charge in [-0.2, -0.15) is 4.31 Å². The van der Waals surface area contributed by atoms with Crippen molar-refractivity contribution in [1.29, 1.82) is 0 Å². The number of hydrogen-bond donors (Lipinski definition) is 2. The highest BCUT2D eigenvalue weighted by Crippen LogP contribution is 2.42. The van der Waals surface area contributed by atoms with Crippen LogP contribution in [0.3, 0.4) is 0 Å². The lowest BCUT2D eigenvalue weighted by molar-refractivity contribution is -0.876. The Morgan fingerprint density at radius 1 is 1.20 bits per heavy atom. The summed E-state index contributed by atoms with van der Waals surface area (Å²) in [5, 5.41) is 14.7. The maximum absolute atomic E-state index is 13.1. The minimum absolute atomic E-state index is 0.0555. The number of primary amides is 1. The number of thioether (sulfide) groups is 1. The maximum atomic E-state index is 13.1. The number of ether oxygens (including phenoxy) is 1. The van der Waals surface area contributed by atoms with Gasteiger partial charge in [-0.3, -0.25) is 9.59 Å². The highest BCUT2D eigenvalue weighted by Gasteiger charge is 2.57. The Morgan fingerprint density at radius 2 is 1.89 bits per heavy atom. The number of fused-ring (bicyclic) bond motifs is 1. The highest BCUT2D eigenvalue weighted by atomic mass is 35.5. The second kappa shape index (κ2) is 14.6. The van der Waals surface area contributed by atoms with Crippen LogP contribution in [0.15, 0.2) is 46.5 Å². The minimum atomic E-state index is -1.82. The number of amides is 2. The van der Waals surface area contributed by atoms with Gasteiger partial charge in [-0.25, -0.2) is 4.79 Å². The van der Waals surface area contributed by atoms with E-state index in [-0.39, 0.29) is 22.5 Å². The van der Waals surface area contributed by atoms with E-state index in [0.717, 1.165) is 11.8 Å². The molecule has 240 valence electrons. The number of halogens is 2. The van der Waals surface area contributed by atoms with E-state index < -0.39 is 52.1 Å². The van der Waals surface area contributed by atoms with E-state index in [1.165, 1.54) is 16.5 Å². The average molecular weight is 688 g/mol. The summed E-state index contributed by atoms with van der Waals surface area (Å²) in [5.41, 5.74) is 5.44. The first kappa shape index (κ1) is 35.8. The number of rotatable bonds is 12. The molecule has 1 fully saturated rings. The molecule has 1 saturated heterocycles. The van der Waals surface area contributed by atoms with Crippen LogP contribution in [-0.4, -0.2) is 87.0 Å². The smallest absolute Gasteiger partial charge is 0.331 e. The van der Waals surface area contributed by atoms with Crippen LogP contribution in [0, 0.1) is 0 Å². The van der Waals surface area contributed by atoms with Crippen molar-refractivity contribution >= 4 is 76.2 Å². The summed E-state index contributed by atoms with van der Waals surface area (Å²) in [5.74, 6) is -2.89. The molecule has 2 amide bonds. The number of nitrogens with two attached hydrogens (primary N) is 1. The first-order valence-electron chi connectivity index (χ1n) is 13.6. The van der Waals surface area contributed by atoms with Gasteiger partial charge >= 0.3 is 5.97 Å². The number of carbonyl (C=O) groups excluding carboxylic acids is 4. The Labute approximate surface area is 274 Å². The molecule has 0 aliphatic carbocycles. The van der Waals surface area contributed by atoms with Crippen LogP contribution in [-0.2, 0) is 35.3 Å². The molecule has 2 heterocycles. The van der Waals surface area contributed by atoms with Crippen molar-refractivity contribution in [3.05, 3.63) is 57.2 Å². The van der Waals surface area contributed by atoms with Crippen molar-refractivity contribution in [3.63, 3.8) is 0 Å². The van der Waals surface area contributed by atoms with Crippen LogP contribution < -0.4 is 16.2 Å². The number of esters is 1. The van der Waals surface area contributed by atoms with Crippen LogP contribution in [0.4, 0.5) is 0 Å². The van der Waals surface area contributed by atoms with E-state index in [2.05, 4.69) is 5.32 Å². The van der Waals surface area contributed by atoms with E-state index in [9.17, 15) is 28.8 Å². The normalized spacial score (nSPS) is 20.5. The monoisotopic (exact) mass is 686 g/mol. The zero-order valence-corrected chi connectivity index (χ0v) is 28.2. The summed E-state index contributed by atoms with van der Waals surface area (Å²) in [6.07, 6.45) is 7.00. The highest BCUT2D eigenvalue weighted by molar-refractivity contribution is 8.00. The number of hydrogen-bond acceptors (Lipinski definition) is 9. The summed E-state index contributed by atoms with van der Waals surface area (Å²) < 4.78 is 19.9. The molecule has 0 bridgehead atoms. The maximum Gasteiger partial charge on any atom is 0.331 e. The van der Waals surface area contributed by atoms with Crippen LogP contribution in [0.2, 0.25) is 10.0 Å². The summed E-state index contributed by atoms with van der Waals surface area (Å²) in [4.78, 5) is 48.6. The molecule has 44 heavy (non-hydrogen) atoms. The number of nitrogens with one attached hydrogen (secondary N) is 1. The molecule has 0 aromatic heterocycles. The Balaban J connectivity index is 1.60. The molecule has 1 unspecified atom stereocenters. The van der Waals surface area contributed by atoms with Crippen molar-refractivity contribution in [3.8, 4) is 0 Å². The Morgan fingerprint density at radius 3 is 2.50 bits per heavy atom. The Kier molecular flexibility index (Phi) is 11.9. The zero-order chi connectivity index (χ0) is 33.0. The first-order valence-corrected chi connectivity index (χ1v) is 16.5. The number of allylic oxidation sites excluding steroid dienone is 2. The summed E-state index contributed by atoms with van der Waals surface area (Å²) in [7, 11) is 3.64. The van der Waals surface area contributed by atoms with E-state index in [4.69, 9.17) is 33.7 Å². The topological polar surface area (TPSA) is 165 Å². The molecule has 11 nitrogen and oxygen atoms in total. The summed E-state index contributed by atoms with van der Waals surface area (Å²) in [6.45, 7) is 5.82. The second-order valence-electron chi connectivity index (χ2n) is 12.0. The summed E-state index contributed by atoms with van der Waals surface area (Å²) >= 11 is 12.1. The molecular weight excluding hydrogens is 651 g/mol. The van der Waals surface area contributed by atoms with E-state index in [1.807, 2.05) is 14.1 Å². The number of likely N-dealkylation sites (N-methyl/N-ethyl adjacent to an activating group) is 1. The minimum Gasteiger partial charge on any atom is -0.591 e. The third-order valence-electron chi connectivity index (χ3n) is 6.51. The number of carboxylic acid groups (broad SMARTS) is 1. The predicted molar refractivity (Wildman–Crippen MR) is 169 cm³/mol. The molecule has 15 heteroatoms. The third-order valence-corrected chi connectivity index (χ3v) is 10.0. The van der Waals surface area contributed by atoms with E-state index in [1.54, 1.807) is 45.1 Å². The lowest BCUT2D eigenvalue weighted by Gasteiger charge is -2.51. The van der Waals surface area contributed by atoms with Gasteiger partial charge in [-0.15, -0.1) is 11.8 Å². The standard InChI is InChI=1S/C29H36Cl2N4O7S2/c1-29(2,3)42-25(38)11-9-18-13-20(31)22(14-19(18)30)43-16-24(37)33-27-21-10-8-17(26(28(39)40)34(21)44(27)41)7-6-12-35(4,5)15-23(32)36/h6-7,9,11,13-14,21,27H,8,10,12,15-16H2,1-5H3,(H3-,32,33,36,37,39,40)/b7-6+,11-9+/t21-,27-,44?/m1/s1. The number of carbonyl (C=O) groups is 4. The van der Waals surface area contributed by atoms with Crippen LogP contribution >= 0.6 is 35.0 Å². The molecule has 0 spiro atoms. The number of nitrogens with zero attached hydrogens (tertiary/aromatic N) is 2. The van der Waals surface area contributed by atoms with E-state index >= 15 is 0 Å². The number of aliphatic carboxylic acids is 1. The van der Waals surface area contributed by atoms with Crippen molar-refractivity contribution in [1.82, 2.24) is 9.62 Å². The van der Waals surface area contributed by atoms with Crippen molar-refractivity contribution in [2.75, 3.05) is 32.9 Å². The molecule has 0 saturated carbocycles. The van der Waals surface area contributed by atoms with Gasteiger partial charge in [0.25, 0.3) is 5.91 Å². The third kappa shape index (κ3) is 9.66. The predicted octanol–water partition coefficient (Wildman–Crippen LogP) is 2.15. The fraction of sp³-hybridized carbons (Fsp3) is 0.448. The number of carboxylic acids is 1. The quantitative estimate of drug-likeness (QED) is 0.110. The van der Waals surface area contributed by atoms with E-state index in [0.29, 0.717) is 45.5 Å². The molecule has 1 aromatic carbocycles. The molecule has 0 radical (unpaired) electrons. The van der Waals surface area contributed by atoms with Crippen molar-refractivity contribution in [2.45, 2.75) is 55.5 Å². The fourth-order valence-electron chi connectivity index (χ4n) is 4.66. The fourth-order valence-corrected chi connectivity index (χ4v) is 7.72. The molecule has 3 atom stereocenters. The second-order valence-corrected chi connectivity index (χ2v) is 15.2. The molecule has 2 aliphatic heterocycles. The molecule has 3 N–H and O–H groups in total. The largest absolute Gasteiger partial charge is 0.591 e. The van der Waals surface area contributed by atoms with Gasteiger partial charge in [0.05, 0.1) is 48.7 Å². The van der Waals surface area contributed by atoms with Gasteiger partial charge in [-0.05, 0) is 69.0 Å². The average Bonchev–Trinajstić information content (AvgIpc) is 2.88. The van der Waals surface area contributed by atoms with Crippen LogP contribution in [0.5, 0.6) is 0 Å². The Hall–Kier alpha value is -2.68. The van der Waals surface area contributed by atoms with Gasteiger partial charge in [-0.1, -0.05) is 29.3 Å². The molecular formula is C29H36Cl2N4O7S2. The van der Waals surface area contributed by atoms with Gasteiger partial charge in [0.2, 0.25) is 11.3 Å². The number of benzene rings is 1. The molecule has 2 aliphatic rings. The lowest BCUT2D eigenvalue weighted by Crippen LogP contribution is -2.71. The van der Waals surface area contributed by atoms with Gasteiger partial charge in [0.1, 0.15) is 17.3 Å². The van der Waals surface area contributed by atoms with Gasteiger partial charge < -0.3 is 34.7 Å². The first-order chi connectivity index (χ1) is 20.4. The SMILES string of the molecule is CC(C)(C)OC(=O)/C=C/c1cc(Cl)c(SCC(=O)N[C@H]2[C@H]3CCC(/C=C/C[N+](C)(C)CC(N)=O)=C(C(=O)[O-])N3[S+]2[O-])cc1Cl. The van der Waals surface area contributed by atoms with Gasteiger partial charge in [0, 0.05) is 16.0 Å². The Bertz CT molecular complexity index is 1410. The number of quaternary nitrogens is 1. The van der Waals surface area contributed by atoms with Crippen LogP contribution in [0.1, 0.15) is 39.2 Å². The lowest BCUT2D eigenvalue weighted by atomic mass is 9.96. The van der Waals surface area contributed by atoms with Gasteiger partial charge in [0.15, 0.2) is 6.54 Å². The van der Waals surface area contributed by atoms with Crippen molar-refractivity contribution in [2.24, 2.45) is 5.73 Å². The molecule has 3 rings (SSSR count).